The molecule has 19 heavy (non-hydrogen) atoms. The lowest BCUT2D eigenvalue weighted by atomic mass is 10.2. The predicted octanol–water partition coefficient (Wildman–Crippen LogP) is 2.83. The molecule has 0 unspecified atom stereocenters. The van der Waals surface area contributed by atoms with E-state index in [1.54, 1.807) is 13.8 Å². The zero-order valence-corrected chi connectivity index (χ0v) is 12.9. The lowest BCUT2D eigenvalue weighted by Gasteiger charge is -2.18. The molecule has 0 amide bonds. The molecule has 0 bridgehead atoms. The van der Waals surface area contributed by atoms with Crippen LogP contribution in [0.15, 0.2) is 17.1 Å². The van der Waals surface area contributed by atoms with E-state index < -0.39 is 20.3 Å². The van der Waals surface area contributed by atoms with Crippen molar-refractivity contribution >= 4 is 7.60 Å². The third-order valence-electron chi connectivity index (χ3n) is 2.33. The van der Waals surface area contributed by atoms with Gasteiger partial charge in [0, 0.05) is 0 Å². The Bertz CT molecular complexity index is 337. The first kappa shape index (κ1) is 18.6. The normalized spacial score (nSPS) is 12.9. The number of hydrogen-bond donors (Lipinski definition) is 2. The predicted molar refractivity (Wildman–Crippen MR) is 75.1 cm³/mol. The molecule has 0 saturated heterocycles. The van der Waals surface area contributed by atoms with Crippen molar-refractivity contribution in [2.24, 2.45) is 0 Å². The van der Waals surface area contributed by atoms with Crippen LogP contribution in [-0.2, 0) is 13.6 Å². The molecule has 0 radical (unpaired) electrons. The largest absolute Gasteiger partial charge is 0.393 e. The standard InChI is InChI=1S/C13H25O5P/c1-4-7-8-13(10-9-12(15)11-14)19(16,17-5-2)18-6-3/h9,12,14-15H,4-8,11H2,1-3H3/t10?,12-/m1/s1. The molecule has 0 aliphatic heterocycles. The van der Waals surface area contributed by atoms with E-state index in [4.69, 9.17) is 14.2 Å². The van der Waals surface area contributed by atoms with Gasteiger partial charge in [-0.3, -0.25) is 4.57 Å². The minimum atomic E-state index is -3.34. The number of rotatable bonds is 10. The molecule has 2 N–H and O–H groups in total. The molecule has 0 saturated carbocycles. The smallest absolute Gasteiger partial charge is 0.364 e. The molecule has 0 spiro atoms. The summed E-state index contributed by atoms with van der Waals surface area (Å²) in [6.07, 6.45) is 2.56. The first-order valence-corrected chi connectivity index (χ1v) is 8.22. The number of aliphatic hydroxyl groups excluding tert-OH is 2. The quantitative estimate of drug-likeness (QED) is 0.478. The molecule has 0 fully saturated rings. The summed E-state index contributed by atoms with van der Waals surface area (Å²) in [4.78, 5) is 0. The molecular formula is C13H25O5P. The summed E-state index contributed by atoms with van der Waals surface area (Å²) in [5.41, 5.74) is 2.78. The Hall–Kier alpha value is -0.410. The summed E-state index contributed by atoms with van der Waals surface area (Å²) in [5, 5.41) is 18.5. The Balaban J connectivity index is 5.28. The summed E-state index contributed by atoms with van der Waals surface area (Å²) < 4.78 is 23.1. The topological polar surface area (TPSA) is 76.0 Å². The van der Waals surface area contributed by atoms with Gasteiger partial charge in [0.05, 0.1) is 25.1 Å². The van der Waals surface area contributed by atoms with Crippen LogP contribution < -0.4 is 0 Å². The van der Waals surface area contributed by atoms with Crippen LogP contribution in [-0.4, -0.2) is 36.1 Å². The van der Waals surface area contributed by atoms with Crippen molar-refractivity contribution in [3.05, 3.63) is 17.1 Å². The van der Waals surface area contributed by atoms with E-state index in [0.29, 0.717) is 11.7 Å². The average Bonchev–Trinajstić information content (AvgIpc) is 2.38. The fourth-order valence-electron chi connectivity index (χ4n) is 1.41. The Kier molecular flexibility index (Phi) is 10.2. The van der Waals surface area contributed by atoms with Crippen molar-refractivity contribution in [3.63, 3.8) is 0 Å². The second-order valence-corrected chi connectivity index (χ2v) is 6.00. The van der Waals surface area contributed by atoms with Gasteiger partial charge in [0.25, 0.3) is 0 Å². The summed E-state index contributed by atoms with van der Waals surface area (Å²) >= 11 is 0. The second-order valence-electron chi connectivity index (χ2n) is 3.94. The van der Waals surface area contributed by atoms with Crippen LogP contribution in [0.2, 0.25) is 0 Å². The van der Waals surface area contributed by atoms with Gasteiger partial charge in [0.1, 0.15) is 6.10 Å². The Morgan fingerprint density at radius 1 is 1.32 bits per heavy atom. The van der Waals surface area contributed by atoms with E-state index in [9.17, 15) is 9.67 Å². The lowest BCUT2D eigenvalue weighted by Crippen LogP contribution is -2.07. The summed E-state index contributed by atoms with van der Waals surface area (Å²) in [6, 6.07) is 0. The highest BCUT2D eigenvalue weighted by molar-refractivity contribution is 7.58. The molecule has 112 valence electrons. The lowest BCUT2D eigenvalue weighted by molar-refractivity contribution is 0.131. The van der Waals surface area contributed by atoms with Gasteiger partial charge in [-0.1, -0.05) is 13.3 Å². The molecular weight excluding hydrogens is 267 g/mol. The van der Waals surface area contributed by atoms with Crippen molar-refractivity contribution in [2.45, 2.75) is 46.1 Å². The molecule has 0 aromatic heterocycles. The fourth-order valence-corrected chi connectivity index (χ4v) is 3.14. The number of unbranched alkanes of at least 4 members (excludes halogenated alkanes) is 1. The molecule has 5 nitrogen and oxygen atoms in total. The van der Waals surface area contributed by atoms with Crippen molar-refractivity contribution in [2.75, 3.05) is 19.8 Å². The summed E-state index contributed by atoms with van der Waals surface area (Å²) in [6.45, 7) is 5.66. The summed E-state index contributed by atoms with van der Waals surface area (Å²) in [7, 11) is -3.34. The molecule has 0 aromatic carbocycles. The van der Waals surface area contributed by atoms with Crippen molar-refractivity contribution < 1.29 is 23.8 Å². The van der Waals surface area contributed by atoms with Crippen LogP contribution in [0, 0.1) is 0 Å². The monoisotopic (exact) mass is 292 g/mol. The summed E-state index contributed by atoms with van der Waals surface area (Å²) in [5.74, 6) is 0. The maximum atomic E-state index is 12.6. The van der Waals surface area contributed by atoms with Crippen LogP contribution in [0.4, 0.5) is 0 Å². The second kappa shape index (κ2) is 10.4. The van der Waals surface area contributed by atoms with E-state index in [1.807, 2.05) is 6.92 Å². The zero-order valence-electron chi connectivity index (χ0n) is 12.0. The third-order valence-corrected chi connectivity index (χ3v) is 4.54. The van der Waals surface area contributed by atoms with Crippen molar-refractivity contribution in [1.82, 2.24) is 0 Å². The van der Waals surface area contributed by atoms with Gasteiger partial charge in [-0.25, -0.2) is 0 Å². The minimum Gasteiger partial charge on any atom is -0.393 e. The molecule has 1 atom stereocenters. The SMILES string of the molecule is CCCCC(=C=C[C@@H](O)CO)P(=O)(OCC)OCC. The average molecular weight is 292 g/mol. The third kappa shape index (κ3) is 7.07. The minimum absolute atomic E-state index is 0.275. The van der Waals surface area contributed by atoms with Gasteiger partial charge in [-0.05, 0) is 32.8 Å². The Morgan fingerprint density at radius 3 is 2.32 bits per heavy atom. The van der Waals surface area contributed by atoms with Gasteiger partial charge in [-0.2, -0.15) is 0 Å². The van der Waals surface area contributed by atoms with E-state index in [-0.39, 0.29) is 13.2 Å². The highest BCUT2D eigenvalue weighted by Gasteiger charge is 2.28. The van der Waals surface area contributed by atoms with E-state index >= 15 is 0 Å². The highest BCUT2D eigenvalue weighted by Crippen LogP contribution is 2.57. The van der Waals surface area contributed by atoms with Gasteiger partial charge in [-0.15, -0.1) is 5.73 Å². The van der Waals surface area contributed by atoms with Crippen LogP contribution >= 0.6 is 7.60 Å². The van der Waals surface area contributed by atoms with E-state index in [0.717, 1.165) is 12.8 Å². The maximum absolute atomic E-state index is 12.6. The van der Waals surface area contributed by atoms with E-state index in [2.05, 4.69) is 5.73 Å². The van der Waals surface area contributed by atoms with Crippen LogP contribution in [0.3, 0.4) is 0 Å². The molecule has 0 aliphatic carbocycles. The number of aliphatic hydroxyl groups is 2. The maximum Gasteiger partial charge on any atom is 0.364 e. The zero-order chi connectivity index (χ0) is 14.7. The number of hydrogen-bond acceptors (Lipinski definition) is 5. The molecule has 0 aliphatic rings. The molecule has 0 aromatic rings. The van der Waals surface area contributed by atoms with Gasteiger partial charge in [0.15, 0.2) is 0 Å². The highest BCUT2D eigenvalue weighted by atomic mass is 31.2. The Morgan fingerprint density at radius 2 is 1.89 bits per heavy atom. The van der Waals surface area contributed by atoms with Gasteiger partial charge >= 0.3 is 7.60 Å². The van der Waals surface area contributed by atoms with Crippen molar-refractivity contribution in [3.8, 4) is 0 Å². The fraction of sp³-hybridized carbons (Fsp3) is 0.769. The first-order chi connectivity index (χ1) is 9.03. The molecule has 0 heterocycles. The van der Waals surface area contributed by atoms with E-state index in [1.165, 1.54) is 6.08 Å². The van der Waals surface area contributed by atoms with Gasteiger partial charge in [0.2, 0.25) is 0 Å². The molecule has 6 heteroatoms. The van der Waals surface area contributed by atoms with Gasteiger partial charge < -0.3 is 19.3 Å². The molecule has 0 rings (SSSR count). The first-order valence-electron chi connectivity index (χ1n) is 6.68. The van der Waals surface area contributed by atoms with Crippen molar-refractivity contribution in [1.29, 1.82) is 0 Å². The van der Waals surface area contributed by atoms with Crippen LogP contribution in [0.5, 0.6) is 0 Å². The van der Waals surface area contributed by atoms with Crippen LogP contribution in [0.25, 0.3) is 0 Å². The Labute approximate surface area is 115 Å². The van der Waals surface area contributed by atoms with Crippen LogP contribution in [0.1, 0.15) is 40.0 Å².